The Morgan fingerprint density at radius 3 is 2.67 bits per heavy atom. The number of ketones is 1. The van der Waals surface area contributed by atoms with Gasteiger partial charge in [-0.2, -0.15) is 0 Å². The van der Waals surface area contributed by atoms with Crippen molar-refractivity contribution in [1.82, 2.24) is 9.55 Å². The molecule has 2 aromatic carbocycles. The number of imidazole rings is 1. The van der Waals surface area contributed by atoms with E-state index in [2.05, 4.69) is 4.98 Å². The molecule has 27 heavy (non-hydrogen) atoms. The summed E-state index contributed by atoms with van der Waals surface area (Å²) in [4.78, 5) is 27.6. The molecular formula is C21H20N2O4. The van der Waals surface area contributed by atoms with E-state index in [0.29, 0.717) is 23.7 Å². The molecule has 0 spiro atoms. The summed E-state index contributed by atoms with van der Waals surface area (Å²) in [6, 6.07) is 16.7. The number of esters is 1. The van der Waals surface area contributed by atoms with E-state index >= 15 is 0 Å². The van der Waals surface area contributed by atoms with Gasteiger partial charge >= 0.3 is 5.97 Å². The Morgan fingerprint density at radius 1 is 1.07 bits per heavy atom. The molecule has 0 N–H and O–H groups in total. The van der Waals surface area contributed by atoms with Gasteiger partial charge in [0.05, 0.1) is 0 Å². The van der Waals surface area contributed by atoms with Crippen LogP contribution >= 0.6 is 0 Å². The smallest absolute Gasteiger partial charge is 0.344 e. The van der Waals surface area contributed by atoms with Gasteiger partial charge in [0, 0.05) is 24.5 Å². The first-order valence-corrected chi connectivity index (χ1v) is 8.55. The zero-order chi connectivity index (χ0) is 19.1. The molecule has 0 aliphatic rings. The quantitative estimate of drug-likeness (QED) is 0.453. The number of benzene rings is 2. The van der Waals surface area contributed by atoms with E-state index in [-0.39, 0.29) is 19.0 Å². The normalized spacial score (nSPS) is 10.4. The zero-order valence-electron chi connectivity index (χ0n) is 15.0. The molecule has 0 unspecified atom stereocenters. The van der Waals surface area contributed by atoms with Crippen molar-refractivity contribution < 1.29 is 19.1 Å². The molecule has 0 amide bonds. The molecule has 1 heterocycles. The summed E-state index contributed by atoms with van der Waals surface area (Å²) >= 11 is 0. The number of hydrogen-bond acceptors (Lipinski definition) is 5. The Bertz CT molecular complexity index is 919. The first-order valence-electron chi connectivity index (χ1n) is 8.55. The Kier molecular flexibility index (Phi) is 5.99. The number of Topliss-reactive ketones (excluding diaryl/α,β-unsaturated/α-hetero) is 1. The standard InChI is InChI=1S/C21H20N2O4/c1-16(24)18-8-5-9-19(12-18)26-15-21(25)27-14-20-22-10-11-23(20)13-17-6-3-2-4-7-17/h2-12H,13-15H2,1H3. The first kappa shape index (κ1) is 18.4. The molecular weight excluding hydrogens is 344 g/mol. The molecule has 0 atom stereocenters. The van der Waals surface area contributed by atoms with Crippen LogP contribution in [-0.2, 0) is 22.7 Å². The highest BCUT2D eigenvalue weighted by Crippen LogP contribution is 2.14. The van der Waals surface area contributed by atoms with Crippen LogP contribution < -0.4 is 4.74 Å². The fourth-order valence-electron chi connectivity index (χ4n) is 2.54. The fraction of sp³-hybridized carbons (Fsp3) is 0.190. The van der Waals surface area contributed by atoms with Gasteiger partial charge in [-0.05, 0) is 24.6 Å². The average Bonchev–Trinajstić information content (AvgIpc) is 3.12. The molecule has 3 rings (SSSR count). The number of ether oxygens (including phenoxy) is 2. The Morgan fingerprint density at radius 2 is 1.89 bits per heavy atom. The van der Waals surface area contributed by atoms with Crippen LogP contribution in [0.2, 0.25) is 0 Å². The summed E-state index contributed by atoms with van der Waals surface area (Å²) in [5, 5.41) is 0. The largest absolute Gasteiger partial charge is 0.482 e. The van der Waals surface area contributed by atoms with Crippen LogP contribution in [0.4, 0.5) is 0 Å². The highest BCUT2D eigenvalue weighted by molar-refractivity contribution is 5.94. The van der Waals surface area contributed by atoms with Crippen LogP contribution in [0.3, 0.4) is 0 Å². The van der Waals surface area contributed by atoms with Crippen molar-refractivity contribution in [3.63, 3.8) is 0 Å². The Hall–Kier alpha value is -3.41. The highest BCUT2D eigenvalue weighted by atomic mass is 16.6. The minimum Gasteiger partial charge on any atom is -0.482 e. The van der Waals surface area contributed by atoms with Gasteiger partial charge in [0.15, 0.2) is 12.4 Å². The van der Waals surface area contributed by atoms with Crippen molar-refractivity contribution in [2.45, 2.75) is 20.1 Å². The van der Waals surface area contributed by atoms with Gasteiger partial charge in [-0.3, -0.25) is 4.79 Å². The molecule has 0 bridgehead atoms. The lowest BCUT2D eigenvalue weighted by Gasteiger charge is -2.10. The second-order valence-electron chi connectivity index (χ2n) is 5.99. The van der Waals surface area contributed by atoms with E-state index in [0.717, 1.165) is 5.56 Å². The molecule has 0 radical (unpaired) electrons. The van der Waals surface area contributed by atoms with Crippen molar-refractivity contribution in [2.75, 3.05) is 6.61 Å². The fourth-order valence-corrected chi connectivity index (χ4v) is 2.54. The molecule has 0 aliphatic heterocycles. The second kappa shape index (κ2) is 8.80. The van der Waals surface area contributed by atoms with Crippen LogP contribution in [0.5, 0.6) is 5.75 Å². The summed E-state index contributed by atoms with van der Waals surface area (Å²) in [7, 11) is 0. The van der Waals surface area contributed by atoms with E-state index in [9.17, 15) is 9.59 Å². The lowest BCUT2D eigenvalue weighted by Crippen LogP contribution is -2.16. The van der Waals surface area contributed by atoms with Crippen LogP contribution in [0.1, 0.15) is 28.7 Å². The molecule has 6 nitrogen and oxygen atoms in total. The minimum atomic E-state index is -0.502. The zero-order valence-corrected chi connectivity index (χ0v) is 15.0. The number of aromatic nitrogens is 2. The molecule has 0 aliphatic carbocycles. The van der Waals surface area contributed by atoms with E-state index in [1.807, 2.05) is 41.1 Å². The van der Waals surface area contributed by atoms with Crippen LogP contribution in [0.15, 0.2) is 67.0 Å². The third-order valence-electron chi connectivity index (χ3n) is 3.96. The first-order chi connectivity index (χ1) is 13.1. The lowest BCUT2D eigenvalue weighted by atomic mass is 10.1. The van der Waals surface area contributed by atoms with Crippen molar-refractivity contribution in [3.05, 3.63) is 83.9 Å². The van der Waals surface area contributed by atoms with Crippen molar-refractivity contribution in [3.8, 4) is 5.75 Å². The lowest BCUT2D eigenvalue weighted by molar-refractivity contribution is -0.147. The van der Waals surface area contributed by atoms with E-state index in [4.69, 9.17) is 9.47 Å². The van der Waals surface area contributed by atoms with Gasteiger partial charge in [0.2, 0.25) is 0 Å². The van der Waals surface area contributed by atoms with Crippen LogP contribution in [-0.4, -0.2) is 27.9 Å². The molecule has 0 saturated carbocycles. The number of carbonyl (C=O) groups excluding carboxylic acids is 2. The van der Waals surface area contributed by atoms with E-state index in [1.54, 1.807) is 30.5 Å². The topological polar surface area (TPSA) is 70.4 Å². The molecule has 1 aromatic heterocycles. The molecule has 3 aromatic rings. The number of hydrogen-bond donors (Lipinski definition) is 0. The predicted molar refractivity (Wildman–Crippen MR) is 99.5 cm³/mol. The predicted octanol–water partition coefficient (Wildman–Crippen LogP) is 3.26. The maximum atomic E-state index is 11.9. The Balaban J connectivity index is 1.51. The summed E-state index contributed by atoms with van der Waals surface area (Å²) in [5.74, 6) is 0.543. The van der Waals surface area contributed by atoms with Crippen LogP contribution in [0, 0.1) is 0 Å². The number of rotatable bonds is 8. The average molecular weight is 364 g/mol. The summed E-state index contributed by atoms with van der Waals surface area (Å²) in [6.45, 7) is 1.96. The van der Waals surface area contributed by atoms with Gasteiger partial charge in [-0.1, -0.05) is 42.5 Å². The molecule has 6 heteroatoms. The SMILES string of the molecule is CC(=O)c1cccc(OCC(=O)OCc2nccn2Cc2ccccc2)c1. The second-order valence-corrected chi connectivity index (χ2v) is 5.99. The van der Waals surface area contributed by atoms with Crippen molar-refractivity contribution >= 4 is 11.8 Å². The van der Waals surface area contributed by atoms with Crippen molar-refractivity contribution in [2.24, 2.45) is 0 Å². The van der Waals surface area contributed by atoms with E-state index in [1.165, 1.54) is 6.92 Å². The maximum absolute atomic E-state index is 11.9. The summed E-state index contributed by atoms with van der Waals surface area (Å²) in [6.07, 6.45) is 3.52. The number of carbonyl (C=O) groups is 2. The van der Waals surface area contributed by atoms with Crippen molar-refractivity contribution in [1.29, 1.82) is 0 Å². The molecule has 0 saturated heterocycles. The summed E-state index contributed by atoms with van der Waals surface area (Å²) < 4.78 is 12.6. The monoisotopic (exact) mass is 364 g/mol. The highest BCUT2D eigenvalue weighted by Gasteiger charge is 2.10. The van der Waals surface area contributed by atoms with Gasteiger partial charge in [-0.25, -0.2) is 9.78 Å². The van der Waals surface area contributed by atoms with Gasteiger partial charge in [-0.15, -0.1) is 0 Å². The molecule has 138 valence electrons. The minimum absolute atomic E-state index is 0.0618. The Labute approximate surface area is 157 Å². The summed E-state index contributed by atoms with van der Waals surface area (Å²) in [5.41, 5.74) is 1.67. The number of nitrogens with zero attached hydrogens (tertiary/aromatic N) is 2. The third kappa shape index (κ3) is 5.28. The van der Waals surface area contributed by atoms with Crippen LogP contribution in [0.25, 0.3) is 0 Å². The van der Waals surface area contributed by atoms with Gasteiger partial charge in [0.25, 0.3) is 0 Å². The third-order valence-corrected chi connectivity index (χ3v) is 3.96. The molecule has 0 fully saturated rings. The van der Waals surface area contributed by atoms with E-state index < -0.39 is 5.97 Å². The van der Waals surface area contributed by atoms with Gasteiger partial charge < -0.3 is 14.0 Å². The maximum Gasteiger partial charge on any atom is 0.344 e. The van der Waals surface area contributed by atoms with Gasteiger partial charge in [0.1, 0.15) is 18.2 Å².